The summed E-state index contributed by atoms with van der Waals surface area (Å²) in [6.07, 6.45) is 0. The van der Waals surface area contributed by atoms with Gasteiger partial charge in [0.15, 0.2) is 0 Å². The molecule has 1 heterocycles. The van der Waals surface area contributed by atoms with E-state index in [4.69, 9.17) is 10.2 Å². The van der Waals surface area contributed by atoms with Gasteiger partial charge in [0.2, 0.25) is 0 Å². The summed E-state index contributed by atoms with van der Waals surface area (Å²) in [6.45, 7) is 4.55. The Morgan fingerprint density at radius 3 is 2.77 bits per heavy atom. The van der Waals surface area contributed by atoms with Gasteiger partial charge in [-0.05, 0) is 25.5 Å². The number of benzene rings is 1. The first-order chi connectivity index (χ1) is 6.22. The second kappa shape index (κ2) is 2.89. The number of furan rings is 1. The number of aryl methyl sites for hydroxylation is 2. The van der Waals surface area contributed by atoms with Crippen molar-refractivity contribution in [3.8, 4) is 0 Å². The summed E-state index contributed by atoms with van der Waals surface area (Å²) in [4.78, 5) is 0. The van der Waals surface area contributed by atoms with E-state index >= 15 is 0 Å². The molecule has 0 fully saturated rings. The Kier molecular flexibility index (Phi) is 1.85. The van der Waals surface area contributed by atoms with E-state index in [1.165, 1.54) is 5.56 Å². The molecule has 0 aliphatic heterocycles. The lowest BCUT2D eigenvalue weighted by Crippen LogP contribution is -1.96. The van der Waals surface area contributed by atoms with Crippen molar-refractivity contribution in [3.63, 3.8) is 0 Å². The SMILES string of the molecule is Cc1ccc2c(CN)c(C)oc2c1. The van der Waals surface area contributed by atoms with Gasteiger partial charge in [-0.15, -0.1) is 0 Å². The minimum absolute atomic E-state index is 0.544. The first-order valence-electron chi connectivity index (χ1n) is 4.41. The van der Waals surface area contributed by atoms with Crippen LogP contribution in [0.1, 0.15) is 16.9 Å². The van der Waals surface area contributed by atoms with Crippen LogP contribution in [0.2, 0.25) is 0 Å². The molecule has 2 N–H and O–H groups in total. The molecule has 0 radical (unpaired) electrons. The minimum atomic E-state index is 0.544. The second-order valence-corrected chi connectivity index (χ2v) is 3.34. The predicted octanol–water partition coefficient (Wildman–Crippen LogP) is 2.51. The normalized spacial score (nSPS) is 11.0. The molecule has 0 atom stereocenters. The van der Waals surface area contributed by atoms with Gasteiger partial charge >= 0.3 is 0 Å². The summed E-state index contributed by atoms with van der Waals surface area (Å²) in [6, 6.07) is 6.20. The van der Waals surface area contributed by atoms with Gasteiger partial charge in [0.1, 0.15) is 11.3 Å². The number of nitrogens with two attached hydrogens (primary N) is 1. The van der Waals surface area contributed by atoms with E-state index in [2.05, 4.69) is 19.1 Å². The number of hydrogen-bond donors (Lipinski definition) is 1. The van der Waals surface area contributed by atoms with Crippen molar-refractivity contribution < 1.29 is 4.42 Å². The molecule has 0 unspecified atom stereocenters. The van der Waals surface area contributed by atoms with E-state index in [0.29, 0.717) is 6.54 Å². The topological polar surface area (TPSA) is 39.2 Å². The first-order valence-corrected chi connectivity index (χ1v) is 4.41. The van der Waals surface area contributed by atoms with Crippen molar-refractivity contribution in [3.05, 3.63) is 35.1 Å². The molecule has 68 valence electrons. The van der Waals surface area contributed by atoms with Crippen LogP contribution >= 0.6 is 0 Å². The van der Waals surface area contributed by atoms with Crippen LogP contribution in [-0.4, -0.2) is 0 Å². The zero-order valence-electron chi connectivity index (χ0n) is 7.92. The molecule has 0 aliphatic rings. The molecule has 2 nitrogen and oxygen atoms in total. The monoisotopic (exact) mass is 175 g/mol. The van der Waals surface area contributed by atoms with Gasteiger partial charge in [-0.2, -0.15) is 0 Å². The van der Waals surface area contributed by atoms with Crippen LogP contribution in [0.25, 0.3) is 11.0 Å². The molecule has 2 aromatic rings. The second-order valence-electron chi connectivity index (χ2n) is 3.34. The van der Waals surface area contributed by atoms with Crippen molar-refractivity contribution in [1.29, 1.82) is 0 Å². The average Bonchev–Trinajstić information content (AvgIpc) is 2.39. The van der Waals surface area contributed by atoms with Gasteiger partial charge in [0.25, 0.3) is 0 Å². The third kappa shape index (κ3) is 1.23. The zero-order valence-corrected chi connectivity index (χ0v) is 7.92. The van der Waals surface area contributed by atoms with Crippen molar-refractivity contribution in [2.75, 3.05) is 0 Å². The summed E-state index contributed by atoms with van der Waals surface area (Å²) in [5, 5.41) is 1.14. The van der Waals surface area contributed by atoms with Crippen LogP contribution in [0.4, 0.5) is 0 Å². The Bertz CT molecular complexity index is 443. The number of rotatable bonds is 1. The van der Waals surface area contributed by atoms with Gasteiger partial charge in [-0.3, -0.25) is 0 Å². The number of hydrogen-bond acceptors (Lipinski definition) is 2. The maximum Gasteiger partial charge on any atom is 0.134 e. The third-order valence-corrected chi connectivity index (χ3v) is 2.35. The van der Waals surface area contributed by atoms with Crippen LogP contribution in [0, 0.1) is 13.8 Å². The van der Waals surface area contributed by atoms with Gasteiger partial charge in [0, 0.05) is 17.5 Å². The van der Waals surface area contributed by atoms with E-state index in [-0.39, 0.29) is 0 Å². The van der Waals surface area contributed by atoms with E-state index in [0.717, 1.165) is 22.3 Å². The number of fused-ring (bicyclic) bond motifs is 1. The van der Waals surface area contributed by atoms with Gasteiger partial charge in [0.05, 0.1) is 0 Å². The molecular formula is C11H13NO. The Balaban J connectivity index is 2.79. The minimum Gasteiger partial charge on any atom is -0.461 e. The molecule has 0 amide bonds. The highest BCUT2D eigenvalue weighted by molar-refractivity contribution is 5.82. The lowest BCUT2D eigenvalue weighted by atomic mass is 10.1. The van der Waals surface area contributed by atoms with Crippen molar-refractivity contribution >= 4 is 11.0 Å². The zero-order chi connectivity index (χ0) is 9.42. The molecule has 13 heavy (non-hydrogen) atoms. The molecule has 0 saturated carbocycles. The molecule has 0 bridgehead atoms. The molecule has 2 rings (SSSR count). The van der Waals surface area contributed by atoms with E-state index in [1.54, 1.807) is 0 Å². The highest BCUT2D eigenvalue weighted by atomic mass is 16.3. The van der Waals surface area contributed by atoms with Crippen LogP contribution in [0.3, 0.4) is 0 Å². The highest BCUT2D eigenvalue weighted by Crippen LogP contribution is 2.25. The average molecular weight is 175 g/mol. The van der Waals surface area contributed by atoms with Crippen LogP contribution in [0.5, 0.6) is 0 Å². The van der Waals surface area contributed by atoms with E-state index < -0.39 is 0 Å². The molecular weight excluding hydrogens is 162 g/mol. The van der Waals surface area contributed by atoms with Gasteiger partial charge in [-0.1, -0.05) is 12.1 Å². The summed E-state index contributed by atoms with van der Waals surface area (Å²) in [7, 11) is 0. The lowest BCUT2D eigenvalue weighted by molar-refractivity contribution is 0.572. The van der Waals surface area contributed by atoms with Crippen LogP contribution < -0.4 is 5.73 Å². The summed E-state index contributed by atoms with van der Waals surface area (Å²) < 4.78 is 5.59. The maximum atomic E-state index is 5.64. The summed E-state index contributed by atoms with van der Waals surface area (Å²) in [5.74, 6) is 0.933. The Labute approximate surface area is 77.3 Å². The lowest BCUT2D eigenvalue weighted by Gasteiger charge is -1.93. The molecule has 2 heteroatoms. The van der Waals surface area contributed by atoms with Gasteiger partial charge < -0.3 is 10.2 Å². The first kappa shape index (κ1) is 8.32. The fourth-order valence-corrected chi connectivity index (χ4v) is 1.63. The fourth-order valence-electron chi connectivity index (χ4n) is 1.63. The van der Waals surface area contributed by atoms with E-state index in [1.807, 2.05) is 13.0 Å². The van der Waals surface area contributed by atoms with Crippen molar-refractivity contribution in [1.82, 2.24) is 0 Å². The smallest absolute Gasteiger partial charge is 0.134 e. The largest absolute Gasteiger partial charge is 0.461 e. The molecule has 1 aromatic carbocycles. The van der Waals surface area contributed by atoms with Gasteiger partial charge in [-0.25, -0.2) is 0 Å². The molecule has 0 saturated heterocycles. The summed E-state index contributed by atoms with van der Waals surface area (Å²) in [5.41, 5.74) is 8.91. The van der Waals surface area contributed by atoms with E-state index in [9.17, 15) is 0 Å². The standard InChI is InChI=1S/C11H13NO/c1-7-3-4-9-10(6-12)8(2)13-11(9)5-7/h3-5H,6,12H2,1-2H3. The Morgan fingerprint density at radius 1 is 1.31 bits per heavy atom. The molecule has 1 aromatic heterocycles. The van der Waals surface area contributed by atoms with Crippen LogP contribution in [-0.2, 0) is 6.54 Å². The quantitative estimate of drug-likeness (QED) is 0.723. The predicted molar refractivity (Wildman–Crippen MR) is 53.6 cm³/mol. The molecule has 0 aliphatic carbocycles. The summed E-state index contributed by atoms with van der Waals surface area (Å²) >= 11 is 0. The third-order valence-electron chi connectivity index (χ3n) is 2.35. The van der Waals surface area contributed by atoms with Crippen molar-refractivity contribution in [2.24, 2.45) is 5.73 Å². The maximum absolute atomic E-state index is 5.64. The molecule has 0 spiro atoms. The fraction of sp³-hybridized carbons (Fsp3) is 0.273. The van der Waals surface area contributed by atoms with Crippen molar-refractivity contribution in [2.45, 2.75) is 20.4 Å². The Hall–Kier alpha value is -1.28. The van der Waals surface area contributed by atoms with Crippen LogP contribution in [0.15, 0.2) is 22.6 Å². The highest BCUT2D eigenvalue weighted by Gasteiger charge is 2.08. The Morgan fingerprint density at radius 2 is 2.08 bits per heavy atom.